The van der Waals surface area contributed by atoms with Gasteiger partial charge >= 0.3 is 6.03 Å². The number of hydrogen-bond acceptors (Lipinski definition) is 5. The second kappa shape index (κ2) is 5.77. The van der Waals surface area contributed by atoms with E-state index in [4.69, 9.17) is 0 Å². The number of Topliss-reactive ketones (excluding diaryl/α,β-unsaturated/α-hetero) is 2. The van der Waals surface area contributed by atoms with E-state index >= 15 is 0 Å². The van der Waals surface area contributed by atoms with Gasteiger partial charge in [0.15, 0.2) is 11.6 Å². The number of imide groups is 1. The highest BCUT2D eigenvalue weighted by Crippen LogP contribution is 2.33. The molecule has 2 N–H and O–H groups in total. The maximum atomic E-state index is 12.6. The van der Waals surface area contributed by atoms with E-state index in [0.717, 1.165) is 10.7 Å². The SMILES string of the molecule is CC(=O)c1c(C)[nH]c(C(=O)CN2C(=O)N[C@@]3(CCSC3)C2=O)c1C. The Labute approximate surface area is 143 Å². The molecule has 8 heteroatoms. The van der Waals surface area contributed by atoms with Crippen molar-refractivity contribution in [1.29, 1.82) is 0 Å². The summed E-state index contributed by atoms with van der Waals surface area (Å²) in [6.07, 6.45) is 0.585. The van der Waals surface area contributed by atoms with Crippen molar-refractivity contribution < 1.29 is 19.2 Å². The second-order valence-corrected chi connectivity index (χ2v) is 7.42. The Kier molecular flexibility index (Phi) is 4.03. The van der Waals surface area contributed by atoms with Gasteiger partial charge in [0.05, 0.1) is 12.2 Å². The number of hydrogen-bond donors (Lipinski definition) is 2. The number of aryl methyl sites for hydroxylation is 1. The van der Waals surface area contributed by atoms with Gasteiger partial charge in [0.1, 0.15) is 5.54 Å². The number of H-pyrrole nitrogens is 1. The third-order valence-electron chi connectivity index (χ3n) is 4.64. The van der Waals surface area contributed by atoms with Gasteiger partial charge in [-0.15, -0.1) is 0 Å². The van der Waals surface area contributed by atoms with Crippen LogP contribution in [0.5, 0.6) is 0 Å². The van der Waals surface area contributed by atoms with Crippen LogP contribution in [0.3, 0.4) is 0 Å². The van der Waals surface area contributed by atoms with Gasteiger partial charge in [-0.1, -0.05) is 0 Å². The fourth-order valence-electron chi connectivity index (χ4n) is 3.43. The maximum absolute atomic E-state index is 12.6. The average Bonchev–Trinajstić information content (AvgIpc) is 3.14. The minimum atomic E-state index is -0.854. The number of carbonyl (C=O) groups is 4. The van der Waals surface area contributed by atoms with Crippen LogP contribution in [0.2, 0.25) is 0 Å². The molecule has 2 fully saturated rings. The number of ketones is 2. The van der Waals surface area contributed by atoms with Crippen LogP contribution in [0.4, 0.5) is 4.79 Å². The van der Waals surface area contributed by atoms with Gasteiger partial charge in [0.2, 0.25) is 0 Å². The summed E-state index contributed by atoms with van der Waals surface area (Å²) >= 11 is 1.61. The Morgan fingerprint density at radius 3 is 2.54 bits per heavy atom. The number of aromatic amines is 1. The number of amides is 3. The first kappa shape index (κ1) is 16.8. The molecule has 1 atom stereocenters. The third kappa shape index (κ3) is 2.45. The lowest BCUT2D eigenvalue weighted by Crippen LogP contribution is -2.47. The molecule has 128 valence electrons. The molecule has 7 nitrogen and oxygen atoms in total. The highest BCUT2D eigenvalue weighted by molar-refractivity contribution is 7.99. The fourth-order valence-corrected chi connectivity index (χ4v) is 4.76. The average molecular weight is 349 g/mol. The predicted octanol–water partition coefficient (Wildman–Crippen LogP) is 1.44. The summed E-state index contributed by atoms with van der Waals surface area (Å²) < 4.78 is 0. The standard InChI is InChI=1S/C16H19N3O4S/c1-8-12(10(3)20)9(2)17-13(8)11(21)6-19-14(22)16(18-15(19)23)4-5-24-7-16/h17H,4-7H2,1-3H3,(H,18,23)/t16-/m1/s1. The highest BCUT2D eigenvalue weighted by Gasteiger charge is 2.53. The zero-order chi connectivity index (χ0) is 17.6. The molecule has 3 amide bonds. The second-order valence-electron chi connectivity index (χ2n) is 6.31. The molecular weight excluding hydrogens is 330 g/mol. The normalized spacial score (nSPS) is 23.2. The minimum absolute atomic E-state index is 0.128. The summed E-state index contributed by atoms with van der Waals surface area (Å²) in [5.41, 5.74) is 1.08. The van der Waals surface area contributed by atoms with E-state index in [-0.39, 0.29) is 29.7 Å². The van der Waals surface area contributed by atoms with E-state index < -0.39 is 11.6 Å². The van der Waals surface area contributed by atoms with Crippen molar-refractivity contribution in [3.05, 3.63) is 22.5 Å². The third-order valence-corrected chi connectivity index (χ3v) is 5.83. The number of urea groups is 1. The van der Waals surface area contributed by atoms with E-state index in [2.05, 4.69) is 10.3 Å². The molecule has 0 saturated carbocycles. The van der Waals surface area contributed by atoms with Gasteiger partial charge in [0, 0.05) is 17.0 Å². The van der Waals surface area contributed by atoms with Crippen LogP contribution >= 0.6 is 11.8 Å². The molecule has 0 unspecified atom stereocenters. The van der Waals surface area contributed by atoms with Gasteiger partial charge < -0.3 is 10.3 Å². The van der Waals surface area contributed by atoms with Gasteiger partial charge in [-0.3, -0.25) is 19.3 Å². The Morgan fingerprint density at radius 2 is 2.00 bits per heavy atom. The van der Waals surface area contributed by atoms with Crippen LogP contribution in [0.25, 0.3) is 0 Å². The number of nitrogens with zero attached hydrogens (tertiary/aromatic N) is 1. The quantitative estimate of drug-likeness (QED) is 0.633. The number of aromatic nitrogens is 1. The molecular formula is C16H19N3O4S. The van der Waals surface area contributed by atoms with E-state index in [1.165, 1.54) is 6.92 Å². The molecule has 1 aromatic rings. The Morgan fingerprint density at radius 1 is 1.29 bits per heavy atom. The van der Waals surface area contributed by atoms with Crippen molar-refractivity contribution in [3.8, 4) is 0 Å². The minimum Gasteiger partial charge on any atom is -0.355 e. The lowest BCUT2D eigenvalue weighted by atomic mass is 9.99. The summed E-state index contributed by atoms with van der Waals surface area (Å²) in [6, 6.07) is -0.524. The first-order valence-corrected chi connectivity index (χ1v) is 8.87. The number of carbonyl (C=O) groups excluding carboxylic acids is 4. The number of nitrogens with one attached hydrogen (secondary N) is 2. The molecule has 24 heavy (non-hydrogen) atoms. The highest BCUT2D eigenvalue weighted by atomic mass is 32.2. The van der Waals surface area contributed by atoms with Crippen LogP contribution in [0, 0.1) is 13.8 Å². The van der Waals surface area contributed by atoms with Crippen molar-refractivity contribution in [2.24, 2.45) is 0 Å². The lowest BCUT2D eigenvalue weighted by Gasteiger charge is -2.18. The summed E-state index contributed by atoms with van der Waals surface area (Å²) in [5, 5.41) is 2.74. The largest absolute Gasteiger partial charge is 0.355 e. The summed E-state index contributed by atoms with van der Waals surface area (Å²) in [6.45, 7) is 4.53. The van der Waals surface area contributed by atoms with Crippen LogP contribution < -0.4 is 5.32 Å². The van der Waals surface area contributed by atoms with Crippen molar-refractivity contribution in [3.63, 3.8) is 0 Å². The summed E-state index contributed by atoms with van der Waals surface area (Å²) in [4.78, 5) is 52.9. The molecule has 0 bridgehead atoms. The topological polar surface area (TPSA) is 99.3 Å². The van der Waals surface area contributed by atoms with Crippen molar-refractivity contribution in [2.45, 2.75) is 32.7 Å². The molecule has 3 heterocycles. The molecule has 2 aliphatic rings. The zero-order valence-corrected chi connectivity index (χ0v) is 14.6. The first-order valence-electron chi connectivity index (χ1n) is 7.72. The summed E-state index contributed by atoms with van der Waals surface area (Å²) in [5.74, 6) is 0.507. The van der Waals surface area contributed by atoms with Crippen molar-refractivity contribution in [2.75, 3.05) is 18.1 Å². The fraction of sp³-hybridized carbons (Fsp3) is 0.500. The van der Waals surface area contributed by atoms with Crippen LogP contribution in [-0.2, 0) is 4.79 Å². The maximum Gasteiger partial charge on any atom is 0.325 e. The van der Waals surface area contributed by atoms with Gasteiger partial charge in [-0.2, -0.15) is 11.8 Å². The van der Waals surface area contributed by atoms with Crippen LogP contribution in [0.1, 0.15) is 45.4 Å². The molecule has 0 aliphatic carbocycles. The predicted molar refractivity (Wildman–Crippen MR) is 89.5 cm³/mol. The number of thioether (sulfide) groups is 1. The van der Waals surface area contributed by atoms with Crippen molar-refractivity contribution in [1.82, 2.24) is 15.2 Å². The first-order chi connectivity index (χ1) is 11.3. The molecule has 0 radical (unpaired) electrons. The molecule has 3 rings (SSSR count). The van der Waals surface area contributed by atoms with Gasteiger partial charge in [0.25, 0.3) is 5.91 Å². The molecule has 0 aromatic carbocycles. The number of rotatable bonds is 4. The van der Waals surface area contributed by atoms with Crippen molar-refractivity contribution >= 4 is 35.3 Å². The Balaban J connectivity index is 1.83. The van der Waals surface area contributed by atoms with E-state index in [9.17, 15) is 19.2 Å². The van der Waals surface area contributed by atoms with Crippen LogP contribution in [0.15, 0.2) is 0 Å². The monoisotopic (exact) mass is 349 g/mol. The Bertz CT molecular complexity index is 762. The molecule has 1 spiro atoms. The van der Waals surface area contributed by atoms with Gasteiger partial charge in [-0.05, 0) is 38.5 Å². The Hall–Kier alpha value is -2.09. The van der Waals surface area contributed by atoms with E-state index in [1.807, 2.05) is 0 Å². The smallest absolute Gasteiger partial charge is 0.325 e. The molecule has 2 aliphatic heterocycles. The van der Waals surface area contributed by atoms with E-state index in [1.54, 1.807) is 25.6 Å². The molecule has 1 aromatic heterocycles. The lowest BCUT2D eigenvalue weighted by molar-refractivity contribution is -0.130. The van der Waals surface area contributed by atoms with E-state index in [0.29, 0.717) is 29.0 Å². The molecule has 2 saturated heterocycles. The van der Waals surface area contributed by atoms with Crippen LogP contribution in [-0.4, -0.2) is 57.0 Å². The summed E-state index contributed by atoms with van der Waals surface area (Å²) in [7, 11) is 0. The van der Waals surface area contributed by atoms with Gasteiger partial charge in [-0.25, -0.2) is 4.79 Å². The zero-order valence-electron chi connectivity index (χ0n) is 13.8.